The van der Waals surface area contributed by atoms with Crippen LogP contribution in [0.4, 0.5) is 10.6 Å². The van der Waals surface area contributed by atoms with Crippen LogP contribution in [0.2, 0.25) is 0 Å². The number of hydrogen-bond donors (Lipinski definition) is 3. The lowest BCUT2D eigenvalue weighted by molar-refractivity contribution is -0.137. The Bertz CT molecular complexity index is 1300. The molecule has 37 heavy (non-hydrogen) atoms. The van der Waals surface area contributed by atoms with Crippen LogP contribution < -0.4 is 16.2 Å². The van der Waals surface area contributed by atoms with Gasteiger partial charge in [0.15, 0.2) is 17.0 Å². The van der Waals surface area contributed by atoms with E-state index in [9.17, 15) is 24.3 Å². The predicted octanol–water partition coefficient (Wildman–Crippen LogP) is 3.06. The van der Waals surface area contributed by atoms with Crippen molar-refractivity contribution >= 4 is 35.5 Å². The summed E-state index contributed by atoms with van der Waals surface area (Å²) in [5.74, 6) is -2.15. The zero-order valence-electron chi connectivity index (χ0n) is 22.3. The number of esters is 1. The van der Waals surface area contributed by atoms with E-state index in [1.807, 2.05) is 20.8 Å². The number of nitrogens with zero attached hydrogens (tertiary/aromatic N) is 3. The van der Waals surface area contributed by atoms with Crippen molar-refractivity contribution in [1.82, 2.24) is 19.5 Å². The molecule has 12 heteroatoms. The van der Waals surface area contributed by atoms with Crippen molar-refractivity contribution in [2.45, 2.75) is 79.5 Å². The van der Waals surface area contributed by atoms with E-state index in [-0.39, 0.29) is 36.2 Å². The first-order valence-corrected chi connectivity index (χ1v) is 12.2. The molecule has 0 aromatic carbocycles. The molecule has 2 aromatic heterocycles. The lowest BCUT2D eigenvalue weighted by Crippen LogP contribution is -2.37. The van der Waals surface area contributed by atoms with Crippen LogP contribution in [0, 0.1) is 5.41 Å². The molecule has 1 fully saturated rings. The van der Waals surface area contributed by atoms with Crippen LogP contribution >= 0.6 is 0 Å². The summed E-state index contributed by atoms with van der Waals surface area (Å²) in [6.07, 6.45) is 3.20. The third-order valence-corrected chi connectivity index (χ3v) is 5.10. The van der Waals surface area contributed by atoms with Gasteiger partial charge in [-0.1, -0.05) is 20.8 Å². The van der Waals surface area contributed by atoms with Gasteiger partial charge in [0.1, 0.15) is 5.60 Å². The normalized spacial score (nSPS) is 14.1. The van der Waals surface area contributed by atoms with E-state index in [1.54, 1.807) is 27.7 Å². The topological polar surface area (TPSA) is 153 Å². The van der Waals surface area contributed by atoms with Gasteiger partial charge in [-0.2, -0.15) is 4.52 Å². The molecule has 0 radical (unpaired) electrons. The van der Waals surface area contributed by atoms with E-state index in [0.29, 0.717) is 0 Å². The molecule has 1 aliphatic carbocycles. The van der Waals surface area contributed by atoms with Crippen molar-refractivity contribution in [1.29, 1.82) is 0 Å². The second kappa shape index (κ2) is 10.3. The summed E-state index contributed by atoms with van der Waals surface area (Å²) in [5, 5.41) is 20.6. The van der Waals surface area contributed by atoms with Gasteiger partial charge in [-0.3, -0.25) is 19.5 Å². The minimum absolute atomic E-state index is 0.0526. The van der Waals surface area contributed by atoms with Crippen molar-refractivity contribution in [3.05, 3.63) is 27.6 Å². The molecular weight excluding hydrogens is 482 g/mol. The number of anilines is 1. The molecular formula is C25H35N5O7. The number of rotatable bonds is 7. The Hall–Kier alpha value is -3.83. The largest absolute Gasteiger partial charge is 0.492 e. The fraction of sp³-hybridized carbons (Fsp3) is 0.560. The number of carbonyl (C=O) groups is 3. The maximum absolute atomic E-state index is 13.6. The van der Waals surface area contributed by atoms with Crippen LogP contribution in [-0.4, -0.2) is 55.5 Å². The summed E-state index contributed by atoms with van der Waals surface area (Å²) in [6.45, 7) is 12.7. The molecule has 1 aliphatic rings. The fourth-order valence-electron chi connectivity index (χ4n) is 3.55. The van der Waals surface area contributed by atoms with E-state index in [2.05, 4.69) is 15.7 Å². The Balaban J connectivity index is 2.29. The maximum atomic E-state index is 13.6. The van der Waals surface area contributed by atoms with Crippen LogP contribution in [0.5, 0.6) is 5.88 Å². The van der Waals surface area contributed by atoms with Crippen LogP contribution in [-0.2, 0) is 20.8 Å². The first-order valence-electron chi connectivity index (χ1n) is 12.2. The van der Waals surface area contributed by atoms with E-state index in [4.69, 9.17) is 9.47 Å². The first-order chi connectivity index (χ1) is 17.1. The van der Waals surface area contributed by atoms with Gasteiger partial charge in [0.2, 0.25) is 5.88 Å². The monoisotopic (exact) mass is 517 g/mol. The molecule has 3 N–H and O–H groups in total. The van der Waals surface area contributed by atoms with Gasteiger partial charge in [0.05, 0.1) is 12.2 Å². The highest BCUT2D eigenvalue weighted by Crippen LogP contribution is 2.29. The van der Waals surface area contributed by atoms with Crippen LogP contribution in [0.3, 0.4) is 0 Å². The zero-order valence-corrected chi connectivity index (χ0v) is 22.3. The van der Waals surface area contributed by atoms with Gasteiger partial charge in [-0.15, -0.1) is 5.10 Å². The Morgan fingerprint density at radius 3 is 2.35 bits per heavy atom. The van der Waals surface area contributed by atoms with E-state index in [0.717, 1.165) is 23.4 Å². The van der Waals surface area contributed by atoms with E-state index in [1.165, 1.54) is 10.6 Å². The number of amides is 2. The maximum Gasteiger partial charge on any atom is 0.413 e. The second-order valence-electron chi connectivity index (χ2n) is 11.1. The fourth-order valence-corrected chi connectivity index (χ4v) is 3.55. The highest BCUT2D eigenvalue weighted by Gasteiger charge is 2.32. The Morgan fingerprint density at radius 2 is 1.81 bits per heavy atom. The molecule has 12 nitrogen and oxygen atoms in total. The highest BCUT2D eigenvalue weighted by atomic mass is 16.6. The Morgan fingerprint density at radius 1 is 1.16 bits per heavy atom. The first kappa shape index (κ1) is 27.8. The quantitative estimate of drug-likeness (QED) is 0.374. The summed E-state index contributed by atoms with van der Waals surface area (Å²) in [7, 11) is 0. The molecule has 0 spiro atoms. The molecule has 2 aromatic rings. The number of ether oxygens (including phenoxy) is 2. The van der Waals surface area contributed by atoms with Gasteiger partial charge in [0.25, 0.3) is 11.5 Å². The van der Waals surface area contributed by atoms with Crippen LogP contribution in [0.15, 0.2) is 10.9 Å². The second-order valence-corrected chi connectivity index (χ2v) is 11.1. The molecule has 0 atom stereocenters. The predicted molar refractivity (Wildman–Crippen MR) is 137 cm³/mol. The van der Waals surface area contributed by atoms with Crippen molar-refractivity contribution in [3.8, 4) is 5.88 Å². The number of aromatic nitrogens is 3. The minimum Gasteiger partial charge on any atom is -0.492 e. The third kappa shape index (κ3) is 6.89. The van der Waals surface area contributed by atoms with Gasteiger partial charge in [-0.25, -0.2) is 9.59 Å². The summed E-state index contributed by atoms with van der Waals surface area (Å²) < 4.78 is 12.6. The number of aromatic hydroxyl groups is 1. The smallest absolute Gasteiger partial charge is 0.413 e. The summed E-state index contributed by atoms with van der Waals surface area (Å²) in [6, 6.07) is -0.0526. The standard InChI is InChI=1S/C25H35N5O7/c1-8-36-16(31)12-11-15-18(27-23(35)37-25(5,6)7)28-30-20(15)29(13-24(2,3)4)21(33)17(22(30)34)19(32)26-14-9-10-14/h11-12,14,34H,8-10,13H2,1-7H3,(H,26,32)(H,27,28,35)/b12-11+. The molecule has 2 heterocycles. The number of fused-ring (bicyclic) bond motifs is 1. The van der Waals surface area contributed by atoms with Crippen LogP contribution in [0.1, 0.15) is 77.2 Å². The average Bonchev–Trinajstić information content (AvgIpc) is 3.47. The van der Waals surface area contributed by atoms with Gasteiger partial charge < -0.3 is 19.9 Å². The third-order valence-electron chi connectivity index (χ3n) is 5.10. The van der Waals surface area contributed by atoms with Crippen molar-refractivity contribution in [3.63, 3.8) is 0 Å². The summed E-state index contributed by atoms with van der Waals surface area (Å²) >= 11 is 0. The molecule has 3 rings (SSSR count). The van der Waals surface area contributed by atoms with Crippen LogP contribution in [0.25, 0.3) is 11.7 Å². The van der Waals surface area contributed by atoms with Crippen molar-refractivity contribution < 1.29 is 29.0 Å². The summed E-state index contributed by atoms with van der Waals surface area (Å²) in [4.78, 5) is 51.2. The molecule has 0 bridgehead atoms. The van der Waals surface area contributed by atoms with Gasteiger partial charge in [0, 0.05) is 18.7 Å². The molecule has 0 saturated heterocycles. The molecule has 202 valence electrons. The molecule has 0 unspecified atom stereocenters. The zero-order chi connectivity index (χ0) is 27.7. The van der Waals surface area contributed by atoms with Crippen molar-refractivity contribution in [2.24, 2.45) is 5.41 Å². The highest BCUT2D eigenvalue weighted by molar-refractivity contribution is 5.98. The van der Waals surface area contributed by atoms with Crippen molar-refractivity contribution in [2.75, 3.05) is 11.9 Å². The SMILES string of the molecule is CCOC(=O)/C=C/c1c(NC(=O)OC(C)(C)C)nn2c(O)c(C(=O)NC3CC3)c(=O)n(CC(C)(C)C)c12. The molecule has 1 saturated carbocycles. The lowest BCUT2D eigenvalue weighted by Gasteiger charge is -2.22. The number of nitrogens with one attached hydrogen (secondary N) is 2. The van der Waals surface area contributed by atoms with E-state index < -0.39 is 46.0 Å². The molecule has 0 aliphatic heterocycles. The number of carbonyl (C=O) groups excluding carboxylic acids is 3. The molecule has 2 amide bonds. The van der Waals surface area contributed by atoms with Gasteiger partial charge >= 0.3 is 12.1 Å². The lowest BCUT2D eigenvalue weighted by atomic mass is 9.96. The summed E-state index contributed by atoms with van der Waals surface area (Å²) in [5.41, 5.74) is -2.22. The minimum atomic E-state index is -0.836. The Labute approximate surface area is 214 Å². The van der Waals surface area contributed by atoms with E-state index >= 15 is 0 Å². The average molecular weight is 518 g/mol. The van der Waals surface area contributed by atoms with Gasteiger partial charge in [-0.05, 0) is 52.0 Å². The Kier molecular flexibility index (Phi) is 7.70. The number of hydrogen-bond acceptors (Lipinski definition) is 8.